The largest absolute Gasteiger partial charge is 0.456 e. The minimum Gasteiger partial charge on any atom is -0.456 e. The number of sulfone groups is 1. The molecule has 2 aliphatic heterocycles. The van der Waals surface area contributed by atoms with Gasteiger partial charge in [0.05, 0.1) is 30.0 Å². The molecule has 0 saturated carbocycles. The maximum Gasteiger partial charge on any atom is 0.295 e. The minimum absolute atomic E-state index is 0.00403. The average Bonchev–Trinajstić information content (AvgIpc) is 3.56. The fourth-order valence-corrected chi connectivity index (χ4v) is 5.79. The van der Waals surface area contributed by atoms with Crippen LogP contribution in [-0.4, -0.2) is 67.4 Å². The van der Waals surface area contributed by atoms with Crippen LogP contribution in [0.1, 0.15) is 5.56 Å². The highest BCUT2D eigenvalue weighted by Crippen LogP contribution is 2.35. The molecule has 11 heteroatoms. The summed E-state index contributed by atoms with van der Waals surface area (Å²) in [7, 11) is -3.13. The second kappa shape index (κ2) is 9.42. The monoisotopic (exact) mass is 542 g/mol. The molecule has 0 unspecified atom stereocenters. The fourth-order valence-electron chi connectivity index (χ4n) is 4.99. The van der Waals surface area contributed by atoms with Crippen LogP contribution in [0, 0.1) is 11.6 Å². The van der Waals surface area contributed by atoms with Crippen molar-refractivity contribution in [3.8, 4) is 28.3 Å². The lowest BCUT2D eigenvalue weighted by atomic mass is 9.98. The molecule has 198 valence electrons. The highest BCUT2D eigenvalue weighted by atomic mass is 32.2. The van der Waals surface area contributed by atoms with Crippen LogP contribution in [0.2, 0.25) is 0 Å². The first-order valence-electron chi connectivity index (χ1n) is 12.0. The minimum atomic E-state index is -3.13. The maximum atomic E-state index is 15.5. The van der Waals surface area contributed by atoms with E-state index in [-0.39, 0.29) is 41.6 Å². The average molecular weight is 543 g/mol. The van der Waals surface area contributed by atoms with Gasteiger partial charge in [-0.15, -0.1) is 0 Å². The number of rotatable bonds is 6. The summed E-state index contributed by atoms with van der Waals surface area (Å²) in [6.45, 7) is 0.324. The molecule has 0 amide bonds. The molecule has 0 radical (unpaired) electrons. The Morgan fingerprint density at radius 1 is 1.00 bits per heavy atom. The van der Waals surface area contributed by atoms with E-state index in [1.165, 1.54) is 12.3 Å². The van der Waals surface area contributed by atoms with Crippen molar-refractivity contribution in [1.29, 1.82) is 0 Å². The van der Waals surface area contributed by atoms with Crippen molar-refractivity contribution in [3.05, 3.63) is 71.8 Å². The maximum absolute atomic E-state index is 15.5. The van der Waals surface area contributed by atoms with Gasteiger partial charge in [-0.05, 0) is 22.3 Å². The molecule has 38 heavy (non-hydrogen) atoms. The summed E-state index contributed by atoms with van der Waals surface area (Å²) in [4.78, 5) is 7.00. The van der Waals surface area contributed by atoms with Gasteiger partial charge in [0.2, 0.25) is 0 Å². The standard InChI is InChI=1S/C27H24F2N2O6S/c1-38(33,34)13-14-2-4-15(5-3-14)16-6-8-17(9-7-16)22-18(28)10-19-24(23(22)29)31-27(30-19)37-21-12-36-25-20(32)11-35-26(21)25/h2-10,20-21,25-26,32H,11-13H2,1H3,(H,30,31)/t20-,21-,25-,26-/m1/s1. The normalized spacial score (nSPS) is 23.2. The molecule has 4 atom stereocenters. The highest BCUT2D eigenvalue weighted by Gasteiger charge is 2.48. The van der Waals surface area contributed by atoms with Crippen LogP contribution < -0.4 is 4.74 Å². The zero-order chi connectivity index (χ0) is 26.6. The Hall–Kier alpha value is -3.38. The molecule has 2 fully saturated rings. The SMILES string of the molecule is CS(=O)(=O)Cc1ccc(-c2ccc(-c3c(F)cc4[nH]c(O[C@@H]5CO[C@H]6[C@@H]5OC[C@H]6O)nc4c3F)cc2)cc1. The van der Waals surface area contributed by atoms with Gasteiger partial charge in [0.1, 0.15) is 29.6 Å². The third-order valence-corrected chi connectivity index (χ3v) is 7.64. The molecular weight excluding hydrogens is 518 g/mol. The van der Waals surface area contributed by atoms with Crippen LogP contribution in [0.5, 0.6) is 6.01 Å². The van der Waals surface area contributed by atoms with E-state index in [1.54, 1.807) is 36.4 Å². The summed E-state index contributed by atoms with van der Waals surface area (Å²) in [5.41, 5.74) is 2.55. The molecule has 4 aromatic rings. The predicted molar refractivity (Wildman–Crippen MR) is 135 cm³/mol. The van der Waals surface area contributed by atoms with Crippen molar-refractivity contribution in [1.82, 2.24) is 9.97 Å². The van der Waals surface area contributed by atoms with Gasteiger partial charge in [-0.2, -0.15) is 4.98 Å². The van der Waals surface area contributed by atoms with E-state index in [0.717, 1.165) is 11.1 Å². The Kier molecular flexibility index (Phi) is 6.18. The van der Waals surface area contributed by atoms with E-state index in [0.29, 0.717) is 11.1 Å². The van der Waals surface area contributed by atoms with Crippen LogP contribution in [0.3, 0.4) is 0 Å². The van der Waals surface area contributed by atoms with E-state index in [4.69, 9.17) is 14.2 Å². The smallest absolute Gasteiger partial charge is 0.295 e. The van der Waals surface area contributed by atoms with Gasteiger partial charge in [-0.1, -0.05) is 48.5 Å². The molecule has 0 aliphatic carbocycles. The first-order valence-corrected chi connectivity index (χ1v) is 14.1. The van der Waals surface area contributed by atoms with Crippen LogP contribution in [-0.2, 0) is 25.1 Å². The summed E-state index contributed by atoms with van der Waals surface area (Å²) in [5.74, 6) is -1.62. The van der Waals surface area contributed by atoms with E-state index >= 15 is 8.78 Å². The van der Waals surface area contributed by atoms with Gasteiger partial charge in [0.25, 0.3) is 6.01 Å². The first-order chi connectivity index (χ1) is 18.2. The summed E-state index contributed by atoms with van der Waals surface area (Å²) in [6, 6.07) is 15.0. The van der Waals surface area contributed by atoms with E-state index in [1.807, 2.05) is 12.1 Å². The van der Waals surface area contributed by atoms with Crippen LogP contribution in [0.15, 0.2) is 54.6 Å². The fraction of sp³-hybridized carbons (Fsp3) is 0.296. The number of fused-ring (bicyclic) bond motifs is 2. The van der Waals surface area contributed by atoms with E-state index in [9.17, 15) is 13.5 Å². The number of aromatic amines is 1. The molecule has 2 N–H and O–H groups in total. The molecule has 1 aromatic heterocycles. The lowest BCUT2D eigenvalue weighted by Crippen LogP contribution is -2.34. The first kappa shape index (κ1) is 24.9. The second-order valence-corrected chi connectivity index (χ2v) is 11.8. The Morgan fingerprint density at radius 3 is 2.32 bits per heavy atom. The van der Waals surface area contributed by atoms with Crippen molar-refractivity contribution < 1.29 is 36.5 Å². The Bertz CT molecular complexity index is 1610. The highest BCUT2D eigenvalue weighted by molar-refractivity contribution is 7.89. The number of nitrogens with one attached hydrogen (secondary N) is 1. The van der Waals surface area contributed by atoms with E-state index in [2.05, 4.69) is 9.97 Å². The van der Waals surface area contributed by atoms with Crippen molar-refractivity contribution in [2.45, 2.75) is 30.2 Å². The van der Waals surface area contributed by atoms with Gasteiger partial charge in [0, 0.05) is 12.3 Å². The lowest BCUT2D eigenvalue weighted by molar-refractivity contribution is 0.00706. The zero-order valence-corrected chi connectivity index (χ0v) is 21.0. The molecule has 3 aromatic carbocycles. The van der Waals surface area contributed by atoms with Gasteiger partial charge in [-0.3, -0.25) is 0 Å². The summed E-state index contributed by atoms with van der Waals surface area (Å²) >= 11 is 0. The lowest BCUT2D eigenvalue weighted by Gasteiger charge is -2.15. The quantitative estimate of drug-likeness (QED) is 0.383. The van der Waals surface area contributed by atoms with Crippen LogP contribution in [0.25, 0.3) is 33.3 Å². The molecule has 2 aliphatic rings. The summed E-state index contributed by atoms with van der Waals surface area (Å²) < 4.78 is 70.4. The molecule has 6 rings (SSSR count). The van der Waals surface area contributed by atoms with Crippen molar-refractivity contribution >= 4 is 20.9 Å². The number of ether oxygens (including phenoxy) is 3. The summed E-state index contributed by atoms with van der Waals surface area (Å²) in [5, 5.41) is 9.89. The number of hydrogen-bond acceptors (Lipinski definition) is 7. The van der Waals surface area contributed by atoms with Crippen molar-refractivity contribution in [2.24, 2.45) is 0 Å². The zero-order valence-electron chi connectivity index (χ0n) is 20.2. The molecule has 0 spiro atoms. The number of nitrogens with zero attached hydrogens (tertiary/aromatic N) is 1. The van der Waals surface area contributed by atoms with Crippen LogP contribution in [0.4, 0.5) is 8.78 Å². The Morgan fingerprint density at radius 2 is 1.63 bits per heavy atom. The Balaban J connectivity index is 1.24. The number of aliphatic hydroxyl groups is 1. The van der Waals surface area contributed by atoms with Gasteiger partial charge < -0.3 is 24.3 Å². The number of H-pyrrole nitrogens is 1. The number of aliphatic hydroxyl groups excluding tert-OH is 1. The summed E-state index contributed by atoms with van der Waals surface area (Å²) in [6.07, 6.45) is -1.05. The number of hydrogen-bond donors (Lipinski definition) is 2. The molecule has 8 nitrogen and oxygen atoms in total. The molecule has 0 bridgehead atoms. The third-order valence-electron chi connectivity index (χ3n) is 6.78. The Labute approximate surface area is 217 Å². The molecule has 3 heterocycles. The number of benzene rings is 3. The van der Waals surface area contributed by atoms with Crippen molar-refractivity contribution in [3.63, 3.8) is 0 Å². The molecule has 2 saturated heterocycles. The van der Waals surface area contributed by atoms with Crippen LogP contribution >= 0.6 is 0 Å². The number of imidazole rings is 1. The third kappa shape index (κ3) is 4.66. The second-order valence-electron chi connectivity index (χ2n) is 9.65. The van der Waals surface area contributed by atoms with Gasteiger partial charge >= 0.3 is 0 Å². The molecular formula is C27H24F2N2O6S. The van der Waals surface area contributed by atoms with E-state index < -0.39 is 45.9 Å². The van der Waals surface area contributed by atoms with Gasteiger partial charge in [-0.25, -0.2) is 17.2 Å². The van der Waals surface area contributed by atoms with Gasteiger partial charge in [0.15, 0.2) is 21.8 Å². The van der Waals surface area contributed by atoms with Crippen molar-refractivity contribution in [2.75, 3.05) is 19.5 Å². The topological polar surface area (TPSA) is 111 Å². The predicted octanol–water partition coefficient (Wildman–Crippen LogP) is 3.63. The number of aromatic nitrogens is 2. The number of halogens is 2.